The minimum atomic E-state index is -4.64. The highest BCUT2D eigenvalue weighted by Gasteiger charge is 2.27. The van der Waals surface area contributed by atoms with Crippen LogP contribution in [-0.4, -0.2) is 51.0 Å². The van der Waals surface area contributed by atoms with Crippen LogP contribution in [0, 0.1) is 31.0 Å². The summed E-state index contributed by atoms with van der Waals surface area (Å²) in [6.45, 7) is 4.15. The molecule has 5 aromatic rings. The third-order valence-corrected chi connectivity index (χ3v) is 11.9. The molecule has 0 saturated carbocycles. The van der Waals surface area contributed by atoms with Gasteiger partial charge in [-0.3, -0.25) is 9.59 Å². The van der Waals surface area contributed by atoms with E-state index in [-0.39, 0.29) is 64.9 Å². The number of benzene rings is 4. The Morgan fingerprint density at radius 1 is 0.925 bits per heavy atom. The lowest BCUT2D eigenvalue weighted by Crippen LogP contribution is -2.28. The van der Waals surface area contributed by atoms with Gasteiger partial charge in [-0.25, -0.2) is 17.4 Å². The lowest BCUT2D eigenvalue weighted by Gasteiger charge is -2.14. The van der Waals surface area contributed by atoms with Gasteiger partial charge in [0.2, 0.25) is 0 Å². The number of nitrogens with one attached hydrogen (secondary N) is 2. The number of carbonyl (C=O) groups is 2. The standard InChI is InChI=1S/C37H35FN3O9PS2/c1-24-6-3-8-26(16-24)32(42)10-5-14-48-34-21-35-29(18-33(34)49-15-13-40-37(43)27-9-4-7-25(2)17-27)19-36(52-35)53(46,47)41-23-51(44,45)50-30-12-11-28(22-39)31(38)20-30/h3-4,6-9,11-12,16-21,41H,5,10,13-15,23H2,1-2H3,(H,40,43)(H,44,45). The van der Waals surface area contributed by atoms with E-state index in [1.54, 1.807) is 42.5 Å². The number of rotatable bonds is 17. The molecule has 0 saturated heterocycles. The number of fused-ring (bicyclic) bond motifs is 1. The van der Waals surface area contributed by atoms with Gasteiger partial charge in [0.05, 0.1) is 18.7 Å². The number of sulfonamides is 1. The van der Waals surface area contributed by atoms with E-state index < -0.39 is 29.7 Å². The van der Waals surface area contributed by atoms with Crippen molar-refractivity contribution in [3.05, 3.63) is 119 Å². The van der Waals surface area contributed by atoms with E-state index >= 15 is 0 Å². The number of nitriles is 1. The zero-order valence-electron chi connectivity index (χ0n) is 28.6. The van der Waals surface area contributed by atoms with Crippen molar-refractivity contribution in [2.75, 3.05) is 26.0 Å². The predicted octanol–water partition coefficient (Wildman–Crippen LogP) is 6.88. The number of aryl methyl sites for hydroxylation is 2. The second-order valence-corrected chi connectivity index (χ2v) is 16.8. The Morgan fingerprint density at radius 2 is 1.60 bits per heavy atom. The second kappa shape index (κ2) is 17.2. The van der Waals surface area contributed by atoms with Gasteiger partial charge in [0.15, 0.2) is 17.3 Å². The third-order valence-electron chi connectivity index (χ3n) is 7.66. The molecular weight excluding hydrogens is 745 g/mol. The Bertz CT molecular complexity index is 2260. The van der Waals surface area contributed by atoms with Crippen molar-refractivity contribution >= 4 is 50.7 Å². The molecular formula is C37H35FN3O9PS2. The summed E-state index contributed by atoms with van der Waals surface area (Å²) in [5.41, 5.74) is 2.73. The number of hydrogen-bond donors (Lipinski definition) is 3. The summed E-state index contributed by atoms with van der Waals surface area (Å²) in [7, 11) is -8.98. The van der Waals surface area contributed by atoms with Crippen LogP contribution >= 0.6 is 18.9 Å². The fourth-order valence-electron chi connectivity index (χ4n) is 5.05. The van der Waals surface area contributed by atoms with Gasteiger partial charge in [-0.15, -0.1) is 11.3 Å². The minimum Gasteiger partial charge on any atom is -0.490 e. The first-order valence-corrected chi connectivity index (χ1v) is 20.3. The zero-order valence-corrected chi connectivity index (χ0v) is 31.2. The van der Waals surface area contributed by atoms with Crippen molar-refractivity contribution in [1.29, 1.82) is 5.26 Å². The van der Waals surface area contributed by atoms with Crippen LogP contribution in [0.4, 0.5) is 4.39 Å². The van der Waals surface area contributed by atoms with Crippen LogP contribution in [0.3, 0.4) is 0 Å². The van der Waals surface area contributed by atoms with Gasteiger partial charge in [0.25, 0.3) is 15.9 Å². The minimum absolute atomic E-state index is 0.0314. The van der Waals surface area contributed by atoms with Crippen LogP contribution in [0.5, 0.6) is 17.2 Å². The number of amides is 1. The molecule has 0 fully saturated rings. The number of hydrogen-bond acceptors (Lipinski definition) is 10. The second-order valence-electron chi connectivity index (χ2n) is 11.9. The molecule has 4 aromatic carbocycles. The Kier molecular flexibility index (Phi) is 12.7. The first kappa shape index (κ1) is 39.1. The van der Waals surface area contributed by atoms with Crippen LogP contribution in [0.1, 0.15) is 50.2 Å². The van der Waals surface area contributed by atoms with Gasteiger partial charge >= 0.3 is 7.60 Å². The summed E-state index contributed by atoms with van der Waals surface area (Å²) in [6.07, 6.45) is -0.398. The largest absolute Gasteiger partial charge is 0.490 e. The Labute approximate surface area is 309 Å². The van der Waals surface area contributed by atoms with Crippen molar-refractivity contribution in [1.82, 2.24) is 10.0 Å². The maximum Gasteiger partial charge on any atom is 0.391 e. The van der Waals surface area contributed by atoms with Crippen LogP contribution < -0.4 is 24.0 Å². The summed E-state index contributed by atoms with van der Waals surface area (Å²) >= 11 is 0.872. The SMILES string of the molecule is Cc1cccc(C(=O)CCCOc2cc3sc(S(=O)(=O)NCP(=O)(O)Oc4ccc(C#N)c(F)c4)cc3cc2OCCNC(=O)c2cccc(C)c2)c1. The first-order valence-electron chi connectivity index (χ1n) is 16.2. The molecule has 16 heteroatoms. The number of halogens is 1. The van der Waals surface area contributed by atoms with E-state index in [0.717, 1.165) is 40.7 Å². The van der Waals surface area contributed by atoms with E-state index in [0.29, 0.717) is 27.6 Å². The van der Waals surface area contributed by atoms with E-state index in [9.17, 15) is 31.9 Å². The molecule has 1 aromatic heterocycles. The summed E-state index contributed by atoms with van der Waals surface area (Å²) in [4.78, 5) is 35.6. The van der Waals surface area contributed by atoms with Crippen molar-refractivity contribution < 1.29 is 45.9 Å². The molecule has 0 radical (unpaired) electrons. The zero-order chi connectivity index (χ0) is 38.2. The van der Waals surface area contributed by atoms with Crippen LogP contribution in [-0.2, 0) is 14.6 Å². The Balaban J connectivity index is 1.28. The number of Topliss-reactive ketones (excluding diaryl/α,β-unsaturated/α-hetero) is 1. The predicted molar refractivity (Wildman–Crippen MR) is 198 cm³/mol. The molecule has 1 atom stereocenters. The van der Waals surface area contributed by atoms with Gasteiger partial charge < -0.3 is 24.2 Å². The maximum absolute atomic E-state index is 13.9. The van der Waals surface area contributed by atoms with Crippen molar-refractivity contribution in [3.63, 3.8) is 0 Å². The molecule has 53 heavy (non-hydrogen) atoms. The topological polar surface area (TPSA) is 181 Å². The molecule has 0 aliphatic rings. The van der Waals surface area contributed by atoms with Crippen molar-refractivity contribution in [2.24, 2.45) is 0 Å². The molecule has 5 rings (SSSR count). The van der Waals surface area contributed by atoms with E-state index in [1.165, 1.54) is 6.07 Å². The van der Waals surface area contributed by atoms with Gasteiger partial charge in [-0.2, -0.15) is 9.98 Å². The molecule has 3 N–H and O–H groups in total. The lowest BCUT2D eigenvalue weighted by atomic mass is 10.0. The molecule has 12 nitrogen and oxygen atoms in total. The van der Waals surface area contributed by atoms with E-state index in [1.807, 2.05) is 38.1 Å². The van der Waals surface area contributed by atoms with Gasteiger partial charge in [0, 0.05) is 34.4 Å². The Hall–Kier alpha value is -5.10. The van der Waals surface area contributed by atoms with Gasteiger partial charge in [-0.05, 0) is 68.1 Å². The van der Waals surface area contributed by atoms with E-state index in [2.05, 4.69) is 10.0 Å². The number of carbonyl (C=O) groups excluding carboxylic acids is 2. The fourth-order valence-corrected chi connectivity index (χ4v) is 9.00. The average Bonchev–Trinajstić information content (AvgIpc) is 3.55. The highest BCUT2D eigenvalue weighted by atomic mass is 32.2. The Morgan fingerprint density at radius 3 is 2.30 bits per heavy atom. The fraction of sp³-hybridized carbons (Fsp3) is 0.216. The molecule has 1 amide bonds. The smallest absolute Gasteiger partial charge is 0.391 e. The summed E-state index contributed by atoms with van der Waals surface area (Å²) in [5, 5.41) is 12.1. The number of ether oxygens (including phenoxy) is 2. The molecule has 0 aliphatic carbocycles. The number of nitrogens with zero attached hydrogens (tertiary/aromatic N) is 1. The normalized spacial score (nSPS) is 12.4. The lowest BCUT2D eigenvalue weighted by molar-refractivity contribution is 0.0943. The number of ketones is 1. The molecule has 276 valence electrons. The van der Waals surface area contributed by atoms with Crippen molar-refractivity contribution in [3.8, 4) is 23.3 Å². The molecule has 1 unspecified atom stereocenters. The highest BCUT2D eigenvalue weighted by Crippen LogP contribution is 2.43. The molecule has 0 bridgehead atoms. The summed E-state index contributed by atoms with van der Waals surface area (Å²) in [6, 6.07) is 23.5. The average molecular weight is 780 g/mol. The maximum atomic E-state index is 13.9. The van der Waals surface area contributed by atoms with Gasteiger partial charge in [0.1, 0.15) is 34.7 Å². The number of thiophene rings is 1. The monoisotopic (exact) mass is 779 g/mol. The van der Waals surface area contributed by atoms with Gasteiger partial charge in [-0.1, -0.05) is 41.5 Å². The molecule has 1 heterocycles. The van der Waals surface area contributed by atoms with Crippen LogP contribution in [0.15, 0.2) is 89.1 Å². The molecule has 0 spiro atoms. The quantitative estimate of drug-likeness (QED) is 0.0512. The summed E-state index contributed by atoms with van der Waals surface area (Å²) in [5.74, 6) is -1.08. The van der Waals surface area contributed by atoms with Crippen LogP contribution in [0.2, 0.25) is 0 Å². The summed E-state index contributed by atoms with van der Waals surface area (Å²) < 4.78 is 72.4. The highest BCUT2D eigenvalue weighted by molar-refractivity contribution is 7.92. The van der Waals surface area contributed by atoms with Crippen molar-refractivity contribution in [2.45, 2.75) is 30.9 Å². The first-order chi connectivity index (χ1) is 25.2. The molecule has 0 aliphatic heterocycles. The van der Waals surface area contributed by atoms with E-state index in [4.69, 9.17) is 19.3 Å². The van der Waals surface area contributed by atoms with Crippen LogP contribution in [0.25, 0.3) is 10.1 Å². The third kappa shape index (κ3) is 10.7.